The number of nitrogens with zero attached hydrogens (tertiary/aromatic N) is 2. The fraction of sp³-hybridized carbons (Fsp3) is 0.111. The highest BCUT2D eigenvalue weighted by Gasteiger charge is 2.13. The van der Waals surface area contributed by atoms with Crippen molar-refractivity contribution in [2.24, 2.45) is 0 Å². The van der Waals surface area contributed by atoms with Crippen molar-refractivity contribution in [3.05, 3.63) is 66.1 Å². The lowest BCUT2D eigenvalue weighted by molar-refractivity contribution is 0.357. The van der Waals surface area contributed by atoms with Crippen LogP contribution >= 0.6 is 0 Å². The van der Waals surface area contributed by atoms with Crippen LogP contribution in [0.2, 0.25) is 0 Å². The van der Waals surface area contributed by atoms with Gasteiger partial charge in [-0.15, -0.1) is 0 Å². The summed E-state index contributed by atoms with van der Waals surface area (Å²) in [7, 11) is 0. The Labute approximate surface area is 138 Å². The van der Waals surface area contributed by atoms with E-state index in [0.29, 0.717) is 12.6 Å². The van der Waals surface area contributed by atoms with Gasteiger partial charge in [0.25, 0.3) is 0 Å². The Bertz CT molecular complexity index is 870. The molecule has 2 heterocycles. The molecule has 4 rings (SSSR count). The molecule has 2 N–H and O–H groups in total. The van der Waals surface area contributed by atoms with E-state index in [2.05, 4.69) is 20.6 Å². The van der Waals surface area contributed by atoms with Crippen molar-refractivity contribution in [2.45, 2.75) is 6.42 Å². The first-order chi connectivity index (χ1) is 11.8. The Morgan fingerprint density at radius 2 is 1.88 bits per heavy atom. The van der Waals surface area contributed by atoms with Gasteiger partial charge in [0, 0.05) is 17.8 Å². The summed E-state index contributed by atoms with van der Waals surface area (Å²) in [6, 6.07) is 15.1. The minimum absolute atomic E-state index is 0.128. The van der Waals surface area contributed by atoms with E-state index >= 15 is 0 Å². The second-order valence-electron chi connectivity index (χ2n) is 5.43. The van der Waals surface area contributed by atoms with Crippen molar-refractivity contribution in [2.75, 3.05) is 17.2 Å². The lowest BCUT2D eigenvalue weighted by atomic mass is 10.1. The molecule has 120 valence electrons. The third-order valence-corrected chi connectivity index (χ3v) is 3.73. The summed E-state index contributed by atoms with van der Waals surface area (Å²) in [6.07, 6.45) is 2.03. The largest absolute Gasteiger partial charge is 0.493 e. The van der Waals surface area contributed by atoms with Gasteiger partial charge in [0.15, 0.2) is 11.6 Å². The Morgan fingerprint density at radius 1 is 1.00 bits per heavy atom. The van der Waals surface area contributed by atoms with Crippen LogP contribution in [-0.2, 0) is 6.42 Å². The molecule has 0 spiro atoms. The van der Waals surface area contributed by atoms with Crippen LogP contribution in [0.15, 0.2) is 54.7 Å². The predicted octanol–water partition coefficient (Wildman–Crippen LogP) is 4.04. The average Bonchev–Trinajstić information content (AvgIpc) is 3.06. The first kappa shape index (κ1) is 14.4. The molecule has 3 aromatic rings. The number of aromatic nitrogens is 2. The number of nitrogens with one attached hydrogen (secondary N) is 2. The van der Waals surface area contributed by atoms with Crippen molar-refractivity contribution in [1.29, 1.82) is 0 Å². The molecular weight excluding hydrogens is 307 g/mol. The van der Waals surface area contributed by atoms with Crippen molar-refractivity contribution in [1.82, 2.24) is 9.97 Å². The molecule has 0 aliphatic carbocycles. The first-order valence-corrected chi connectivity index (χ1v) is 7.65. The van der Waals surface area contributed by atoms with Gasteiger partial charge >= 0.3 is 0 Å². The van der Waals surface area contributed by atoms with Crippen LogP contribution in [0.1, 0.15) is 5.56 Å². The molecular formula is C18H15FN4O. The van der Waals surface area contributed by atoms with Crippen molar-refractivity contribution in [3.63, 3.8) is 0 Å². The van der Waals surface area contributed by atoms with E-state index in [0.717, 1.165) is 35.3 Å². The number of hydrogen-bond acceptors (Lipinski definition) is 5. The van der Waals surface area contributed by atoms with E-state index in [4.69, 9.17) is 4.74 Å². The third kappa shape index (κ3) is 2.99. The maximum Gasteiger partial charge on any atom is 0.229 e. The SMILES string of the molecule is Fc1cnc(Nc2ccc3c(c2)CCO3)nc1Nc1ccccc1. The quantitative estimate of drug-likeness (QED) is 0.759. The fourth-order valence-electron chi connectivity index (χ4n) is 2.57. The number of benzene rings is 2. The molecule has 0 fully saturated rings. The molecule has 0 amide bonds. The molecule has 5 nitrogen and oxygen atoms in total. The van der Waals surface area contributed by atoms with Crippen LogP contribution in [-0.4, -0.2) is 16.6 Å². The van der Waals surface area contributed by atoms with Gasteiger partial charge in [-0.05, 0) is 35.9 Å². The van der Waals surface area contributed by atoms with E-state index in [1.807, 2.05) is 48.5 Å². The topological polar surface area (TPSA) is 59.1 Å². The monoisotopic (exact) mass is 322 g/mol. The minimum Gasteiger partial charge on any atom is -0.493 e. The average molecular weight is 322 g/mol. The van der Waals surface area contributed by atoms with Crippen LogP contribution in [0.5, 0.6) is 5.75 Å². The van der Waals surface area contributed by atoms with Gasteiger partial charge in [-0.3, -0.25) is 0 Å². The van der Waals surface area contributed by atoms with Gasteiger partial charge in [0.2, 0.25) is 5.95 Å². The zero-order chi connectivity index (χ0) is 16.4. The third-order valence-electron chi connectivity index (χ3n) is 3.73. The van der Waals surface area contributed by atoms with Crippen molar-refractivity contribution >= 4 is 23.1 Å². The van der Waals surface area contributed by atoms with Crippen molar-refractivity contribution < 1.29 is 9.13 Å². The summed E-state index contributed by atoms with van der Waals surface area (Å²) < 4.78 is 19.4. The van der Waals surface area contributed by atoms with Crippen LogP contribution in [0.3, 0.4) is 0 Å². The van der Waals surface area contributed by atoms with E-state index in [-0.39, 0.29) is 5.82 Å². The lowest BCUT2D eigenvalue weighted by Crippen LogP contribution is -2.03. The molecule has 0 saturated carbocycles. The molecule has 6 heteroatoms. The number of para-hydroxylation sites is 1. The van der Waals surface area contributed by atoms with Gasteiger partial charge < -0.3 is 15.4 Å². The Balaban J connectivity index is 1.56. The maximum absolute atomic E-state index is 13.9. The Morgan fingerprint density at radius 3 is 2.75 bits per heavy atom. The van der Waals surface area contributed by atoms with Gasteiger partial charge in [0.05, 0.1) is 12.8 Å². The van der Waals surface area contributed by atoms with Gasteiger partial charge in [-0.25, -0.2) is 9.37 Å². The summed E-state index contributed by atoms with van der Waals surface area (Å²) in [5.41, 5.74) is 2.75. The zero-order valence-electron chi connectivity index (χ0n) is 12.8. The highest BCUT2D eigenvalue weighted by Crippen LogP contribution is 2.29. The molecule has 1 aliphatic rings. The summed E-state index contributed by atoms with van der Waals surface area (Å²) in [6.45, 7) is 0.705. The van der Waals surface area contributed by atoms with E-state index in [1.165, 1.54) is 0 Å². The molecule has 0 unspecified atom stereocenters. The first-order valence-electron chi connectivity index (χ1n) is 7.65. The number of fused-ring (bicyclic) bond motifs is 1. The van der Waals surface area contributed by atoms with Gasteiger partial charge in [-0.1, -0.05) is 18.2 Å². The number of ether oxygens (including phenoxy) is 1. The second kappa shape index (κ2) is 6.16. The number of hydrogen-bond donors (Lipinski definition) is 2. The molecule has 0 radical (unpaired) electrons. The van der Waals surface area contributed by atoms with Gasteiger partial charge in [-0.2, -0.15) is 4.98 Å². The predicted molar refractivity (Wildman–Crippen MR) is 90.6 cm³/mol. The van der Waals surface area contributed by atoms with Crippen LogP contribution in [0.4, 0.5) is 27.5 Å². The fourth-order valence-corrected chi connectivity index (χ4v) is 2.57. The van der Waals surface area contributed by atoms with E-state index < -0.39 is 5.82 Å². The van der Waals surface area contributed by atoms with Crippen molar-refractivity contribution in [3.8, 4) is 5.75 Å². The maximum atomic E-state index is 13.9. The summed E-state index contributed by atoms with van der Waals surface area (Å²) in [5, 5.41) is 6.06. The standard InChI is InChI=1S/C18H15FN4O/c19-15-11-20-18(23-17(15)21-13-4-2-1-3-5-13)22-14-6-7-16-12(10-14)8-9-24-16/h1-7,10-11H,8-9H2,(H2,20,21,22,23). The Hall–Kier alpha value is -3.15. The van der Waals surface area contributed by atoms with E-state index in [1.54, 1.807) is 0 Å². The number of halogens is 1. The minimum atomic E-state index is -0.508. The number of rotatable bonds is 4. The van der Waals surface area contributed by atoms with Crippen LogP contribution in [0, 0.1) is 5.82 Å². The van der Waals surface area contributed by atoms with Crippen LogP contribution < -0.4 is 15.4 Å². The molecule has 24 heavy (non-hydrogen) atoms. The summed E-state index contributed by atoms with van der Waals surface area (Å²) in [5.74, 6) is 0.857. The highest BCUT2D eigenvalue weighted by atomic mass is 19.1. The molecule has 0 bridgehead atoms. The summed E-state index contributed by atoms with van der Waals surface area (Å²) in [4.78, 5) is 8.22. The number of anilines is 4. The molecule has 0 atom stereocenters. The Kier molecular flexibility index (Phi) is 3.70. The van der Waals surface area contributed by atoms with Crippen LogP contribution in [0.25, 0.3) is 0 Å². The molecule has 1 aromatic heterocycles. The lowest BCUT2D eigenvalue weighted by Gasteiger charge is -2.10. The normalized spacial score (nSPS) is 12.4. The molecule has 2 aromatic carbocycles. The van der Waals surface area contributed by atoms with Gasteiger partial charge in [0.1, 0.15) is 5.75 Å². The molecule has 1 aliphatic heterocycles. The smallest absolute Gasteiger partial charge is 0.229 e. The van der Waals surface area contributed by atoms with E-state index in [9.17, 15) is 4.39 Å². The molecule has 0 saturated heterocycles. The second-order valence-corrected chi connectivity index (χ2v) is 5.43. The summed E-state index contributed by atoms with van der Waals surface area (Å²) >= 11 is 0. The zero-order valence-corrected chi connectivity index (χ0v) is 12.8. The highest BCUT2D eigenvalue weighted by molar-refractivity contribution is 5.61.